The highest BCUT2D eigenvalue weighted by atomic mass is 32.2. The average Bonchev–Trinajstić information content (AvgIpc) is 2.33. The summed E-state index contributed by atoms with van der Waals surface area (Å²) < 4.78 is 13.5. The van der Waals surface area contributed by atoms with Crippen LogP contribution in [0.15, 0.2) is 46.5 Å². The van der Waals surface area contributed by atoms with Crippen LogP contribution in [0, 0.1) is 5.82 Å². The van der Waals surface area contributed by atoms with Crippen molar-refractivity contribution in [2.24, 2.45) is 0 Å². The third-order valence-corrected chi connectivity index (χ3v) is 2.90. The first-order valence-corrected chi connectivity index (χ1v) is 5.47. The molecular weight excluding hydrogens is 243 g/mol. The maximum Gasteiger partial charge on any atom is 0.335 e. The van der Waals surface area contributed by atoms with Gasteiger partial charge in [0, 0.05) is 6.20 Å². The van der Waals surface area contributed by atoms with E-state index in [0.29, 0.717) is 5.03 Å². The average molecular weight is 250 g/mol. The molecule has 2 aromatic rings. The lowest BCUT2D eigenvalue weighted by molar-refractivity contribution is 0.0696. The first-order chi connectivity index (χ1) is 8.16. The van der Waals surface area contributed by atoms with Gasteiger partial charge in [0.2, 0.25) is 0 Å². The Morgan fingerprint density at radius 1 is 1.35 bits per heavy atom. The molecule has 0 aliphatic heterocycles. The minimum absolute atomic E-state index is 0.0396. The summed E-state index contributed by atoms with van der Waals surface area (Å²) in [6, 6.07) is 6.97. The summed E-state index contributed by atoms with van der Waals surface area (Å²) in [6.07, 6.45) is 1.51. The molecule has 0 bridgehead atoms. The van der Waals surface area contributed by atoms with Crippen molar-refractivity contribution in [2.45, 2.75) is 9.92 Å². The molecule has 0 fully saturated rings. The fraction of sp³-hybridized carbons (Fsp3) is 0. The van der Waals surface area contributed by atoms with Crippen LogP contribution in [0.5, 0.6) is 0 Å². The van der Waals surface area contributed by atoms with E-state index in [4.69, 9.17) is 5.11 Å². The molecule has 0 aliphatic rings. The molecule has 1 N–H and O–H groups in total. The van der Waals surface area contributed by atoms with Gasteiger partial charge in [-0.05, 0) is 30.3 Å². The van der Waals surface area contributed by atoms with Gasteiger partial charge >= 0.3 is 5.97 Å². The summed E-state index contributed by atoms with van der Waals surface area (Å²) in [4.78, 5) is 11.0. The summed E-state index contributed by atoms with van der Waals surface area (Å²) in [5, 5.41) is 16.8. The van der Waals surface area contributed by atoms with E-state index >= 15 is 0 Å². The van der Waals surface area contributed by atoms with Crippen LogP contribution in [0.2, 0.25) is 0 Å². The number of aromatic carboxylic acids is 1. The number of nitrogens with zero attached hydrogens (tertiary/aromatic N) is 2. The van der Waals surface area contributed by atoms with E-state index in [1.54, 1.807) is 12.1 Å². The number of rotatable bonds is 3. The Hall–Kier alpha value is -1.95. The van der Waals surface area contributed by atoms with Crippen LogP contribution in [0.4, 0.5) is 4.39 Å². The third-order valence-electron chi connectivity index (χ3n) is 1.94. The van der Waals surface area contributed by atoms with Gasteiger partial charge in [-0.2, -0.15) is 5.10 Å². The van der Waals surface area contributed by atoms with E-state index in [9.17, 15) is 9.18 Å². The van der Waals surface area contributed by atoms with Crippen molar-refractivity contribution in [3.8, 4) is 0 Å². The Kier molecular flexibility index (Phi) is 3.34. The summed E-state index contributed by atoms with van der Waals surface area (Å²) >= 11 is 1.03. The van der Waals surface area contributed by atoms with E-state index in [1.165, 1.54) is 18.3 Å². The zero-order valence-corrected chi connectivity index (χ0v) is 9.32. The number of hydrogen-bond acceptors (Lipinski definition) is 4. The molecule has 0 aliphatic carbocycles. The molecule has 0 spiro atoms. The molecule has 0 saturated heterocycles. The molecule has 0 atom stereocenters. The van der Waals surface area contributed by atoms with Gasteiger partial charge in [-0.25, -0.2) is 9.18 Å². The molecule has 6 heteroatoms. The summed E-state index contributed by atoms with van der Waals surface area (Å²) in [5.41, 5.74) is 0.0396. The van der Waals surface area contributed by atoms with Gasteiger partial charge in [-0.1, -0.05) is 11.8 Å². The van der Waals surface area contributed by atoms with Gasteiger partial charge < -0.3 is 5.11 Å². The van der Waals surface area contributed by atoms with E-state index in [-0.39, 0.29) is 10.5 Å². The fourth-order valence-electron chi connectivity index (χ4n) is 1.17. The highest BCUT2D eigenvalue weighted by molar-refractivity contribution is 7.99. The van der Waals surface area contributed by atoms with Gasteiger partial charge in [0.25, 0.3) is 0 Å². The van der Waals surface area contributed by atoms with Crippen LogP contribution >= 0.6 is 11.8 Å². The predicted molar refractivity (Wildman–Crippen MR) is 59.5 cm³/mol. The number of aromatic nitrogens is 2. The van der Waals surface area contributed by atoms with Crippen molar-refractivity contribution < 1.29 is 14.3 Å². The fourth-order valence-corrected chi connectivity index (χ4v) is 1.98. The number of halogens is 1. The Balaban J connectivity index is 2.32. The Labute approximate surface area is 101 Å². The smallest absolute Gasteiger partial charge is 0.335 e. The summed E-state index contributed by atoms with van der Waals surface area (Å²) in [5.74, 6) is -1.57. The standard InChI is InChI=1S/C11H7FN2O2S/c12-8-4-3-7(11(15)16)6-9(8)17-10-2-1-5-13-14-10/h1-6H,(H,15,16). The first kappa shape index (κ1) is 11.5. The second-order valence-electron chi connectivity index (χ2n) is 3.11. The molecule has 0 amide bonds. The van der Waals surface area contributed by atoms with E-state index in [1.807, 2.05) is 0 Å². The van der Waals surface area contributed by atoms with Crippen molar-refractivity contribution in [1.29, 1.82) is 0 Å². The number of hydrogen-bond donors (Lipinski definition) is 1. The molecule has 86 valence electrons. The molecule has 4 nitrogen and oxygen atoms in total. The molecule has 0 unspecified atom stereocenters. The lowest BCUT2D eigenvalue weighted by atomic mass is 10.2. The largest absolute Gasteiger partial charge is 0.478 e. The molecule has 0 saturated carbocycles. The van der Waals surface area contributed by atoms with Crippen LogP contribution < -0.4 is 0 Å². The maximum absolute atomic E-state index is 13.5. The van der Waals surface area contributed by atoms with E-state index in [2.05, 4.69) is 10.2 Å². The minimum Gasteiger partial charge on any atom is -0.478 e. The highest BCUT2D eigenvalue weighted by Gasteiger charge is 2.10. The van der Waals surface area contributed by atoms with Crippen LogP contribution in [-0.2, 0) is 0 Å². The lowest BCUT2D eigenvalue weighted by Gasteiger charge is -2.03. The first-order valence-electron chi connectivity index (χ1n) is 4.65. The molecule has 0 radical (unpaired) electrons. The number of benzene rings is 1. The van der Waals surface area contributed by atoms with Gasteiger partial charge in [-0.15, -0.1) is 5.10 Å². The second kappa shape index (κ2) is 4.92. The van der Waals surface area contributed by atoms with E-state index < -0.39 is 11.8 Å². The lowest BCUT2D eigenvalue weighted by Crippen LogP contribution is -1.97. The van der Waals surface area contributed by atoms with Crippen molar-refractivity contribution in [3.05, 3.63) is 47.9 Å². The monoisotopic (exact) mass is 250 g/mol. The summed E-state index contributed by atoms with van der Waals surface area (Å²) in [6.45, 7) is 0. The quantitative estimate of drug-likeness (QED) is 0.906. The normalized spacial score (nSPS) is 10.2. The number of carboxylic acid groups (broad SMARTS) is 1. The number of carboxylic acids is 1. The predicted octanol–water partition coefficient (Wildman–Crippen LogP) is 2.47. The minimum atomic E-state index is -1.09. The molecule has 2 rings (SSSR count). The zero-order chi connectivity index (χ0) is 12.3. The molecule has 1 heterocycles. The molecular formula is C11H7FN2O2S. The van der Waals surface area contributed by atoms with E-state index in [0.717, 1.165) is 17.8 Å². The molecule has 1 aromatic carbocycles. The van der Waals surface area contributed by atoms with Gasteiger partial charge in [0.15, 0.2) is 0 Å². The summed E-state index contributed by atoms with van der Waals surface area (Å²) in [7, 11) is 0. The Morgan fingerprint density at radius 3 is 2.82 bits per heavy atom. The second-order valence-corrected chi connectivity index (χ2v) is 4.18. The topological polar surface area (TPSA) is 63.1 Å². The highest BCUT2D eigenvalue weighted by Crippen LogP contribution is 2.28. The van der Waals surface area contributed by atoms with Gasteiger partial charge in [0.05, 0.1) is 10.5 Å². The molecule has 17 heavy (non-hydrogen) atoms. The van der Waals surface area contributed by atoms with Crippen LogP contribution in [0.3, 0.4) is 0 Å². The van der Waals surface area contributed by atoms with Crippen LogP contribution in [-0.4, -0.2) is 21.3 Å². The van der Waals surface area contributed by atoms with Crippen LogP contribution in [0.25, 0.3) is 0 Å². The van der Waals surface area contributed by atoms with Crippen molar-refractivity contribution in [3.63, 3.8) is 0 Å². The van der Waals surface area contributed by atoms with Crippen molar-refractivity contribution in [1.82, 2.24) is 10.2 Å². The Morgan fingerprint density at radius 2 is 2.18 bits per heavy atom. The van der Waals surface area contributed by atoms with Gasteiger partial charge in [0.1, 0.15) is 10.8 Å². The SMILES string of the molecule is O=C(O)c1ccc(F)c(Sc2cccnn2)c1. The maximum atomic E-state index is 13.5. The number of carbonyl (C=O) groups is 1. The Bertz CT molecular complexity index is 548. The van der Waals surface area contributed by atoms with Crippen molar-refractivity contribution in [2.75, 3.05) is 0 Å². The zero-order valence-electron chi connectivity index (χ0n) is 8.50. The van der Waals surface area contributed by atoms with Crippen molar-refractivity contribution >= 4 is 17.7 Å². The molecule has 1 aromatic heterocycles. The third kappa shape index (κ3) is 2.79. The van der Waals surface area contributed by atoms with Crippen LogP contribution in [0.1, 0.15) is 10.4 Å². The van der Waals surface area contributed by atoms with Gasteiger partial charge in [-0.3, -0.25) is 0 Å².